The molecule has 0 aliphatic carbocycles. The highest BCUT2D eigenvalue weighted by Gasteiger charge is 2.22. The Morgan fingerprint density at radius 2 is 1.35 bits per heavy atom. The predicted molar refractivity (Wildman–Crippen MR) is 125 cm³/mol. The summed E-state index contributed by atoms with van der Waals surface area (Å²) in [5.41, 5.74) is 3.56. The smallest absolute Gasteiger partial charge is 0.253 e. The first-order chi connectivity index (χ1) is 15.2. The van der Waals surface area contributed by atoms with Crippen molar-refractivity contribution >= 4 is 29.3 Å². The van der Waals surface area contributed by atoms with Crippen LogP contribution in [0.25, 0.3) is 6.08 Å². The molecule has 5 heteroatoms. The second-order valence-corrected chi connectivity index (χ2v) is 7.43. The average molecular weight is 412 g/mol. The molecule has 0 saturated carbocycles. The lowest BCUT2D eigenvalue weighted by Crippen LogP contribution is -2.48. The Hall–Kier alpha value is -3.86. The van der Waals surface area contributed by atoms with Crippen molar-refractivity contribution in [2.24, 2.45) is 0 Å². The molecule has 156 valence electrons. The van der Waals surface area contributed by atoms with Gasteiger partial charge in [0.15, 0.2) is 0 Å². The molecule has 2 amide bonds. The van der Waals surface area contributed by atoms with E-state index in [4.69, 9.17) is 0 Å². The van der Waals surface area contributed by atoms with E-state index in [1.165, 1.54) is 6.08 Å². The Balaban J connectivity index is 1.29. The first kappa shape index (κ1) is 20.4. The second-order valence-electron chi connectivity index (χ2n) is 7.43. The van der Waals surface area contributed by atoms with Gasteiger partial charge in [-0.2, -0.15) is 0 Å². The van der Waals surface area contributed by atoms with Gasteiger partial charge in [-0.05, 0) is 48.0 Å². The number of nitrogens with one attached hydrogen (secondary N) is 1. The summed E-state index contributed by atoms with van der Waals surface area (Å²) in [5.74, 6) is -0.0773. The molecular formula is C26H25N3O2. The van der Waals surface area contributed by atoms with Crippen LogP contribution in [0.5, 0.6) is 0 Å². The number of rotatable bonds is 5. The molecule has 31 heavy (non-hydrogen) atoms. The minimum Gasteiger partial charge on any atom is -0.368 e. The Morgan fingerprint density at radius 1 is 0.742 bits per heavy atom. The van der Waals surface area contributed by atoms with Crippen LogP contribution in [0.1, 0.15) is 15.9 Å². The van der Waals surface area contributed by atoms with Gasteiger partial charge in [0.05, 0.1) is 0 Å². The van der Waals surface area contributed by atoms with Gasteiger partial charge >= 0.3 is 0 Å². The molecule has 0 aromatic heterocycles. The van der Waals surface area contributed by atoms with E-state index in [0.717, 1.165) is 35.6 Å². The van der Waals surface area contributed by atoms with E-state index in [9.17, 15) is 9.59 Å². The maximum absolute atomic E-state index is 12.6. The van der Waals surface area contributed by atoms with Crippen molar-refractivity contribution in [3.05, 3.63) is 102 Å². The zero-order valence-electron chi connectivity index (χ0n) is 17.3. The number of hydrogen-bond donors (Lipinski definition) is 1. The number of nitrogens with zero attached hydrogens (tertiary/aromatic N) is 2. The van der Waals surface area contributed by atoms with Gasteiger partial charge < -0.3 is 15.1 Å². The van der Waals surface area contributed by atoms with Crippen LogP contribution in [-0.4, -0.2) is 42.9 Å². The van der Waals surface area contributed by atoms with Crippen LogP contribution in [0, 0.1) is 0 Å². The van der Waals surface area contributed by atoms with Crippen LogP contribution in [0.15, 0.2) is 91.0 Å². The van der Waals surface area contributed by atoms with Gasteiger partial charge in [0.25, 0.3) is 5.91 Å². The molecule has 1 saturated heterocycles. The van der Waals surface area contributed by atoms with E-state index in [0.29, 0.717) is 13.1 Å². The fourth-order valence-corrected chi connectivity index (χ4v) is 3.61. The van der Waals surface area contributed by atoms with Crippen molar-refractivity contribution in [2.45, 2.75) is 0 Å². The highest BCUT2D eigenvalue weighted by Crippen LogP contribution is 2.20. The lowest BCUT2D eigenvalue weighted by molar-refractivity contribution is -0.111. The van der Waals surface area contributed by atoms with Crippen molar-refractivity contribution < 1.29 is 9.59 Å². The predicted octanol–water partition coefficient (Wildman–Crippen LogP) is 4.30. The molecule has 1 N–H and O–H groups in total. The summed E-state index contributed by atoms with van der Waals surface area (Å²) in [5, 5.41) is 2.89. The maximum atomic E-state index is 12.6. The summed E-state index contributed by atoms with van der Waals surface area (Å²) in [7, 11) is 0. The third kappa shape index (κ3) is 5.39. The van der Waals surface area contributed by atoms with Gasteiger partial charge in [0.2, 0.25) is 5.91 Å². The first-order valence-corrected chi connectivity index (χ1v) is 10.4. The molecule has 3 aromatic carbocycles. The molecule has 0 atom stereocenters. The topological polar surface area (TPSA) is 52.7 Å². The summed E-state index contributed by atoms with van der Waals surface area (Å²) in [6.45, 7) is 2.95. The monoisotopic (exact) mass is 411 g/mol. The minimum absolute atomic E-state index is 0.0851. The Morgan fingerprint density at radius 3 is 2.00 bits per heavy atom. The van der Waals surface area contributed by atoms with Crippen LogP contribution in [0.3, 0.4) is 0 Å². The standard InChI is InChI=1S/C26H25N3O2/c30-25(16-11-21-7-3-1-4-8-21)27-23-12-14-24(15-13-23)28-17-19-29(20-18-28)26(31)22-9-5-2-6-10-22/h1-16H,17-20H2,(H,27,30)/b16-11+. The largest absolute Gasteiger partial charge is 0.368 e. The molecule has 4 rings (SSSR count). The molecule has 3 aromatic rings. The number of amides is 2. The van der Waals surface area contributed by atoms with E-state index >= 15 is 0 Å². The average Bonchev–Trinajstić information content (AvgIpc) is 2.84. The van der Waals surface area contributed by atoms with Gasteiger partial charge in [0, 0.05) is 49.2 Å². The summed E-state index contributed by atoms with van der Waals surface area (Å²) in [4.78, 5) is 28.9. The van der Waals surface area contributed by atoms with Gasteiger partial charge in [-0.1, -0.05) is 48.5 Å². The van der Waals surface area contributed by atoms with Crippen LogP contribution in [0.4, 0.5) is 11.4 Å². The summed E-state index contributed by atoms with van der Waals surface area (Å²) < 4.78 is 0. The fraction of sp³-hybridized carbons (Fsp3) is 0.154. The van der Waals surface area contributed by atoms with Crippen LogP contribution in [0.2, 0.25) is 0 Å². The van der Waals surface area contributed by atoms with Crippen molar-refractivity contribution in [3.8, 4) is 0 Å². The van der Waals surface area contributed by atoms with Crippen molar-refractivity contribution in [1.29, 1.82) is 0 Å². The molecule has 0 spiro atoms. The highest BCUT2D eigenvalue weighted by molar-refractivity contribution is 6.02. The zero-order chi connectivity index (χ0) is 21.5. The van der Waals surface area contributed by atoms with E-state index in [1.807, 2.05) is 89.8 Å². The number of anilines is 2. The van der Waals surface area contributed by atoms with Gasteiger partial charge in [-0.25, -0.2) is 0 Å². The van der Waals surface area contributed by atoms with Crippen molar-refractivity contribution in [1.82, 2.24) is 4.90 Å². The van der Waals surface area contributed by atoms with E-state index in [1.54, 1.807) is 6.08 Å². The van der Waals surface area contributed by atoms with E-state index in [-0.39, 0.29) is 11.8 Å². The van der Waals surface area contributed by atoms with Crippen molar-refractivity contribution in [2.75, 3.05) is 36.4 Å². The lowest BCUT2D eigenvalue weighted by atomic mass is 10.1. The van der Waals surface area contributed by atoms with Crippen molar-refractivity contribution in [3.63, 3.8) is 0 Å². The van der Waals surface area contributed by atoms with Crippen LogP contribution >= 0.6 is 0 Å². The Labute approximate surface area is 182 Å². The molecular weight excluding hydrogens is 386 g/mol. The van der Waals surface area contributed by atoms with Gasteiger partial charge in [-0.3, -0.25) is 9.59 Å². The Kier molecular flexibility index (Phi) is 6.43. The van der Waals surface area contributed by atoms with E-state index < -0.39 is 0 Å². The third-order valence-electron chi connectivity index (χ3n) is 5.31. The second kappa shape index (κ2) is 9.76. The molecule has 0 bridgehead atoms. The van der Waals surface area contributed by atoms with Crippen LogP contribution in [-0.2, 0) is 4.79 Å². The SMILES string of the molecule is O=C(/C=C/c1ccccc1)Nc1ccc(N2CCN(C(=O)c3ccccc3)CC2)cc1. The molecule has 0 radical (unpaired) electrons. The highest BCUT2D eigenvalue weighted by atomic mass is 16.2. The molecule has 1 heterocycles. The Bertz CT molecular complexity index is 1040. The fourth-order valence-electron chi connectivity index (χ4n) is 3.61. The number of carbonyl (C=O) groups is 2. The van der Waals surface area contributed by atoms with Gasteiger partial charge in [-0.15, -0.1) is 0 Å². The molecule has 0 unspecified atom stereocenters. The van der Waals surface area contributed by atoms with Crippen LogP contribution < -0.4 is 10.2 Å². The molecule has 1 fully saturated rings. The summed E-state index contributed by atoms with van der Waals surface area (Å²) in [6, 6.07) is 27.0. The lowest BCUT2D eigenvalue weighted by Gasteiger charge is -2.36. The number of benzene rings is 3. The maximum Gasteiger partial charge on any atom is 0.253 e. The quantitative estimate of drug-likeness (QED) is 0.637. The summed E-state index contributed by atoms with van der Waals surface area (Å²) >= 11 is 0. The molecule has 1 aliphatic rings. The molecule has 5 nitrogen and oxygen atoms in total. The molecule has 1 aliphatic heterocycles. The number of piperazine rings is 1. The zero-order valence-corrected chi connectivity index (χ0v) is 17.3. The summed E-state index contributed by atoms with van der Waals surface area (Å²) in [6.07, 6.45) is 3.33. The third-order valence-corrected chi connectivity index (χ3v) is 5.31. The normalized spacial score (nSPS) is 13.9. The number of carbonyl (C=O) groups excluding carboxylic acids is 2. The minimum atomic E-state index is -0.162. The van der Waals surface area contributed by atoms with Gasteiger partial charge in [0.1, 0.15) is 0 Å². The van der Waals surface area contributed by atoms with E-state index in [2.05, 4.69) is 10.2 Å². The first-order valence-electron chi connectivity index (χ1n) is 10.4. The number of hydrogen-bond acceptors (Lipinski definition) is 3.